The topological polar surface area (TPSA) is 138 Å². The quantitative estimate of drug-likeness (QED) is 0.389. The van der Waals surface area contributed by atoms with Crippen LogP contribution >= 0.6 is 11.3 Å². The maximum Gasteiger partial charge on any atom is 0.336 e. The highest BCUT2D eigenvalue weighted by Crippen LogP contribution is 2.41. The summed E-state index contributed by atoms with van der Waals surface area (Å²) >= 11 is 1.39. The first-order valence-corrected chi connectivity index (χ1v) is 14.8. The molecule has 204 valence electrons. The molecule has 2 N–H and O–H groups in total. The zero-order chi connectivity index (χ0) is 28.3. The molecule has 2 heterocycles. The standard InChI is InChI=1S/C28H29N3O6S2/c1-5-36-27(32)23-16(3)30-17(4)24(28(33)37-6-2)25(23)19-10-7-11-20(13-19)26-31-22(15-38-26)18-9-8-12-21(14-18)39(29,34)35/h7-15,23,25H,5-6H2,1-4H3,(H2,29,34,35). The van der Waals surface area contributed by atoms with E-state index in [1.807, 2.05) is 29.6 Å². The molecule has 39 heavy (non-hydrogen) atoms. The Morgan fingerprint density at radius 2 is 1.69 bits per heavy atom. The smallest absolute Gasteiger partial charge is 0.336 e. The summed E-state index contributed by atoms with van der Waals surface area (Å²) in [7, 11) is -3.85. The van der Waals surface area contributed by atoms with E-state index in [9.17, 15) is 18.0 Å². The van der Waals surface area contributed by atoms with Crippen LogP contribution in [0.25, 0.3) is 21.8 Å². The number of nitrogens with zero attached hydrogens (tertiary/aromatic N) is 2. The number of allylic oxidation sites excluding steroid dienone is 1. The second kappa shape index (κ2) is 11.6. The molecule has 0 saturated heterocycles. The molecule has 2 aromatic carbocycles. The predicted octanol–water partition coefficient (Wildman–Crippen LogP) is 4.70. The lowest BCUT2D eigenvalue weighted by Crippen LogP contribution is -2.36. The molecular weight excluding hydrogens is 538 g/mol. The Bertz CT molecular complexity index is 1590. The molecule has 0 spiro atoms. The number of benzene rings is 2. The van der Waals surface area contributed by atoms with Crippen LogP contribution in [0.15, 0.2) is 75.1 Å². The van der Waals surface area contributed by atoms with Gasteiger partial charge in [0.15, 0.2) is 0 Å². The van der Waals surface area contributed by atoms with Crippen molar-refractivity contribution in [1.29, 1.82) is 0 Å². The highest BCUT2D eigenvalue weighted by Gasteiger charge is 2.42. The number of carbonyl (C=O) groups is 2. The normalized spacial score (nSPS) is 17.5. The first kappa shape index (κ1) is 28.3. The lowest BCUT2D eigenvalue weighted by atomic mass is 9.75. The van der Waals surface area contributed by atoms with E-state index in [4.69, 9.17) is 19.6 Å². The molecule has 4 rings (SSSR count). The lowest BCUT2D eigenvalue weighted by molar-refractivity contribution is -0.146. The van der Waals surface area contributed by atoms with E-state index in [2.05, 4.69) is 4.99 Å². The highest BCUT2D eigenvalue weighted by atomic mass is 32.2. The number of esters is 2. The van der Waals surface area contributed by atoms with Crippen molar-refractivity contribution in [2.24, 2.45) is 16.0 Å². The Hall–Kier alpha value is -3.67. The molecular formula is C28H29N3O6S2. The number of carbonyl (C=O) groups excluding carboxylic acids is 2. The van der Waals surface area contributed by atoms with Crippen molar-refractivity contribution >= 4 is 39.0 Å². The van der Waals surface area contributed by atoms with Gasteiger partial charge in [0.05, 0.1) is 29.4 Å². The van der Waals surface area contributed by atoms with Crippen LogP contribution in [-0.2, 0) is 29.1 Å². The molecule has 0 radical (unpaired) electrons. The van der Waals surface area contributed by atoms with Gasteiger partial charge < -0.3 is 9.47 Å². The minimum Gasteiger partial charge on any atom is -0.465 e. The first-order chi connectivity index (χ1) is 18.5. The van der Waals surface area contributed by atoms with Gasteiger partial charge in [-0.2, -0.15) is 0 Å². The summed E-state index contributed by atoms with van der Waals surface area (Å²) < 4.78 is 34.3. The van der Waals surface area contributed by atoms with Crippen LogP contribution in [0.5, 0.6) is 0 Å². The summed E-state index contributed by atoms with van der Waals surface area (Å²) in [5.41, 5.74) is 4.07. The van der Waals surface area contributed by atoms with E-state index in [0.717, 1.165) is 11.1 Å². The zero-order valence-electron chi connectivity index (χ0n) is 22.0. The maximum absolute atomic E-state index is 13.1. The van der Waals surface area contributed by atoms with Crippen LogP contribution in [0.2, 0.25) is 0 Å². The van der Waals surface area contributed by atoms with Gasteiger partial charge in [0.25, 0.3) is 0 Å². The van der Waals surface area contributed by atoms with Crippen molar-refractivity contribution in [3.8, 4) is 21.8 Å². The van der Waals surface area contributed by atoms with Gasteiger partial charge in [-0.25, -0.2) is 23.3 Å². The molecule has 3 aromatic rings. The SMILES string of the molecule is CCOC(=O)C1=C(C)N=C(C)C(C(=O)OCC)C1c1cccc(-c2nc(-c3cccc(S(N)(=O)=O)c3)cs2)c1. The van der Waals surface area contributed by atoms with E-state index >= 15 is 0 Å². The molecule has 11 heteroatoms. The Morgan fingerprint density at radius 1 is 1.00 bits per heavy atom. The van der Waals surface area contributed by atoms with Crippen LogP contribution in [-0.4, -0.2) is 44.3 Å². The third-order valence-electron chi connectivity index (χ3n) is 6.32. The molecule has 2 unspecified atom stereocenters. The van der Waals surface area contributed by atoms with Crippen molar-refractivity contribution in [3.63, 3.8) is 0 Å². The molecule has 0 aliphatic carbocycles. The molecule has 1 aliphatic rings. The molecule has 9 nitrogen and oxygen atoms in total. The molecule has 1 aromatic heterocycles. The van der Waals surface area contributed by atoms with Crippen molar-refractivity contribution in [2.45, 2.75) is 38.5 Å². The van der Waals surface area contributed by atoms with Crippen molar-refractivity contribution in [2.75, 3.05) is 13.2 Å². The highest BCUT2D eigenvalue weighted by molar-refractivity contribution is 7.89. The van der Waals surface area contributed by atoms with E-state index in [0.29, 0.717) is 33.2 Å². The number of sulfonamides is 1. The van der Waals surface area contributed by atoms with E-state index in [1.54, 1.807) is 39.8 Å². The largest absolute Gasteiger partial charge is 0.465 e. The number of ether oxygens (including phenoxy) is 2. The number of rotatable bonds is 8. The summed E-state index contributed by atoms with van der Waals surface area (Å²) in [6.45, 7) is 7.32. The van der Waals surface area contributed by atoms with E-state index in [-0.39, 0.29) is 18.1 Å². The minimum absolute atomic E-state index is 0.00420. The molecule has 0 amide bonds. The van der Waals surface area contributed by atoms with Gasteiger partial charge in [0.2, 0.25) is 10.0 Å². The van der Waals surface area contributed by atoms with Gasteiger partial charge >= 0.3 is 11.9 Å². The zero-order valence-corrected chi connectivity index (χ0v) is 23.6. The Balaban J connectivity index is 1.78. The molecule has 0 saturated carbocycles. The average molecular weight is 568 g/mol. The fourth-order valence-corrected chi connectivity index (χ4v) is 6.03. The molecule has 2 atom stereocenters. The van der Waals surface area contributed by atoms with Crippen molar-refractivity contribution in [1.82, 2.24) is 4.98 Å². The second-order valence-electron chi connectivity index (χ2n) is 8.92. The fourth-order valence-electron chi connectivity index (χ4n) is 4.64. The van der Waals surface area contributed by atoms with Crippen LogP contribution in [0, 0.1) is 5.92 Å². The number of hydrogen-bond donors (Lipinski definition) is 1. The molecule has 0 bridgehead atoms. The summed E-state index contributed by atoms with van der Waals surface area (Å²) in [4.78, 5) is 35.4. The third-order valence-corrected chi connectivity index (χ3v) is 8.12. The van der Waals surface area contributed by atoms with Crippen LogP contribution in [0.4, 0.5) is 0 Å². The predicted molar refractivity (Wildman–Crippen MR) is 150 cm³/mol. The van der Waals surface area contributed by atoms with Gasteiger partial charge in [-0.15, -0.1) is 11.3 Å². The number of nitrogens with two attached hydrogens (primary N) is 1. The molecule has 1 aliphatic heterocycles. The fraction of sp³-hybridized carbons (Fsp3) is 0.286. The maximum atomic E-state index is 13.1. The van der Waals surface area contributed by atoms with Crippen molar-refractivity contribution < 1.29 is 27.5 Å². The van der Waals surface area contributed by atoms with Crippen LogP contribution in [0.3, 0.4) is 0 Å². The Labute approximate surface area is 231 Å². The summed E-state index contributed by atoms with van der Waals surface area (Å²) in [5.74, 6) is -2.44. The number of aliphatic imine (C=N–C) groups is 1. The lowest BCUT2D eigenvalue weighted by Gasteiger charge is -2.31. The minimum atomic E-state index is -3.85. The summed E-state index contributed by atoms with van der Waals surface area (Å²) in [6.07, 6.45) is 0. The summed E-state index contributed by atoms with van der Waals surface area (Å²) in [5, 5.41) is 7.80. The second-order valence-corrected chi connectivity index (χ2v) is 11.3. The van der Waals surface area contributed by atoms with Gasteiger partial charge in [-0.3, -0.25) is 9.79 Å². The van der Waals surface area contributed by atoms with E-state index < -0.39 is 33.8 Å². The van der Waals surface area contributed by atoms with Gasteiger partial charge in [-0.05, 0) is 51.5 Å². The Morgan fingerprint density at radius 3 is 2.38 bits per heavy atom. The van der Waals surface area contributed by atoms with Crippen molar-refractivity contribution in [3.05, 3.63) is 70.7 Å². The van der Waals surface area contributed by atoms with Gasteiger partial charge in [0, 0.05) is 33.8 Å². The number of hydrogen-bond acceptors (Lipinski definition) is 9. The average Bonchev–Trinajstić information content (AvgIpc) is 3.39. The van der Waals surface area contributed by atoms with Crippen LogP contribution in [0.1, 0.15) is 39.2 Å². The third kappa shape index (κ3) is 6.00. The first-order valence-electron chi connectivity index (χ1n) is 12.3. The molecule has 0 fully saturated rings. The monoisotopic (exact) mass is 567 g/mol. The Kier molecular flexibility index (Phi) is 8.43. The summed E-state index contributed by atoms with van der Waals surface area (Å²) in [6, 6.07) is 13.8. The van der Waals surface area contributed by atoms with Crippen LogP contribution < -0.4 is 5.14 Å². The van der Waals surface area contributed by atoms with E-state index in [1.165, 1.54) is 23.5 Å². The van der Waals surface area contributed by atoms with Gasteiger partial charge in [-0.1, -0.05) is 30.3 Å². The number of aromatic nitrogens is 1. The number of primary sulfonamides is 1. The van der Waals surface area contributed by atoms with Gasteiger partial charge in [0.1, 0.15) is 10.9 Å². The number of thiazole rings is 1.